The molecule has 86 valence electrons. The van der Waals surface area contributed by atoms with Crippen molar-refractivity contribution in [3.63, 3.8) is 0 Å². The van der Waals surface area contributed by atoms with Gasteiger partial charge in [0.05, 0.1) is 0 Å². The summed E-state index contributed by atoms with van der Waals surface area (Å²) >= 11 is 0. The molecular weight excluding hydrogens is 194 g/mol. The van der Waals surface area contributed by atoms with Crippen LogP contribution in [0, 0.1) is 0 Å². The van der Waals surface area contributed by atoms with E-state index in [1.54, 1.807) is 0 Å². The Morgan fingerprint density at radius 1 is 1.73 bits per heavy atom. The number of hydrogen-bond acceptors (Lipinski definition) is 3. The molecule has 1 heterocycles. The van der Waals surface area contributed by atoms with Crippen LogP contribution < -0.4 is 16.4 Å². The van der Waals surface area contributed by atoms with Gasteiger partial charge in [-0.3, -0.25) is 9.59 Å². The van der Waals surface area contributed by atoms with Crippen LogP contribution in [-0.4, -0.2) is 30.4 Å². The number of nitrogens with two attached hydrogens (primary N) is 1. The van der Waals surface area contributed by atoms with Crippen LogP contribution in [0.5, 0.6) is 0 Å². The van der Waals surface area contributed by atoms with Crippen LogP contribution in [0.25, 0.3) is 0 Å². The molecule has 4 N–H and O–H groups in total. The summed E-state index contributed by atoms with van der Waals surface area (Å²) in [5, 5.41) is 5.59. The molecule has 0 aromatic carbocycles. The summed E-state index contributed by atoms with van der Waals surface area (Å²) in [6, 6.07) is 0.165. The van der Waals surface area contributed by atoms with Gasteiger partial charge in [-0.05, 0) is 19.8 Å². The molecule has 0 aromatic heterocycles. The zero-order valence-electron chi connectivity index (χ0n) is 9.08. The number of amides is 2. The van der Waals surface area contributed by atoms with Crippen LogP contribution in [0.4, 0.5) is 0 Å². The monoisotopic (exact) mass is 213 g/mol. The van der Waals surface area contributed by atoms with E-state index in [4.69, 9.17) is 5.73 Å². The summed E-state index contributed by atoms with van der Waals surface area (Å²) in [6.07, 6.45) is 2.54. The normalized spacial score (nSPS) is 22.3. The van der Waals surface area contributed by atoms with Gasteiger partial charge >= 0.3 is 0 Å². The van der Waals surface area contributed by atoms with Crippen LogP contribution in [0.15, 0.2) is 0 Å². The average molecular weight is 213 g/mol. The van der Waals surface area contributed by atoms with E-state index in [1.807, 2.05) is 6.92 Å². The van der Waals surface area contributed by atoms with Gasteiger partial charge < -0.3 is 16.4 Å². The lowest BCUT2D eigenvalue weighted by atomic mass is 10.2. The highest BCUT2D eigenvalue weighted by Gasteiger charge is 2.20. The van der Waals surface area contributed by atoms with Crippen molar-refractivity contribution >= 4 is 11.8 Å². The maximum Gasteiger partial charge on any atom is 0.220 e. The Morgan fingerprint density at radius 2 is 2.47 bits per heavy atom. The number of carbonyl (C=O) groups is 2. The van der Waals surface area contributed by atoms with Crippen LogP contribution in [0.2, 0.25) is 0 Å². The smallest absolute Gasteiger partial charge is 0.220 e. The van der Waals surface area contributed by atoms with Crippen molar-refractivity contribution in [2.24, 2.45) is 5.73 Å². The van der Waals surface area contributed by atoms with Crippen molar-refractivity contribution in [1.29, 1.82) is 0 Å². The number of nitrogens with one attached hydrogen (secondary N) is 2. The largest absolute Gasteiger partial charge is 0.354 e. The fraction of sp³-hybridized carbons (Fsp3) is 0.800. The zero-order chi connectivity index (χ0) is 11.3. The molecule has 0 radical (unpaired) electrons. The molecule has 1 rings (SSSR count). The Labute approximate surface area is 89.8 Å². The van der Waals surface area contributed by atoms with Crippen LogP contribution in [-0.2, 0) is 9.59 Å². The van der Waals surface area contributed by atoms with Gasteiger partial charge in [0, 0.05) is 31.5 Å². The molecule has 1 fully saturated rings. The lowest BCUT2D eigenvalue weighted by molar-refractivity contribution is -0.122. The van der Waals surface area contributed by atoms with Gasteiger partial charge in [-0.2, -0.15) is 0 Å². The molecule has 1 aliphatic rings. The fourth-order valence-electron chi connectivity index (χ4n) is 1.51. The SMILES string of the molecule is CC(N)CCC(=O)NCC1CCC(=O)N1. The van der Waals surface area contributed by atoms with E-state index >= 15 is 0 Å². The molecule has 2 amide bonds. The maximum atomic E-state index is 11.3. The average Bonchev–Trinajstić information content (AvgIpc) is 2.58. The van der Waals surface area contributed by atoms with Crippen molar-refractivity contribution in [2.45, 2.75) is 44.7 Å². The summed E-state index contributed by atoms with van der Waals surface area (Å²) in [5.41, 5.74) is 5.54. The highest BCUT2D eigenvalue weighted by molar-refractivity contribution is 5.79. The van der Waals surface area contributed by atoms with Gasteiger partial charge in [0.2, 0.25) is 11.8 Å². The number of rotatable bonds is 5. The Kier molecular flexibility index (Phi) is 4.55. The first-order valence-corrected chi connectivity index (χ1v) is 5.39. The Hall–Kier alpha value is -1.10. The topological polar surface area (TPSA) is 84.2 Å². The van der Waals surface area contributed by atoms with Crippen molar-refractivity contribution in [2.75, 3.05) is 6.54 Å². The first kappa shape index (κ1) is 12.0. The maximum absolute atomic E-state index is 11.3. The van der Waals surface area contributed by atoms with Gasteiger partial charge in [-0.15, -0.1) is 0 Å². The second kappa shape index (κ2) is 5.70. The van der Waals surface area contributed by atoms with Crippen molar-refractivity contribution < 1.29 is 9.59 Å². The third-order valence-corrected chi connectivity index (χ3v) is 2.46. The van der Waals surface area contributed by atoms with Crippen molar-refractivity contribution in [3.05, 3.63) is 0 Å². The molecule has 1 aliphatic heterocycles. The van der Waals surface area contributed by atoms with Crippen LogP contribution in [0.3, 0.4) is 0 Å². The second-order valence-corrected chi connectivity index (χ2v) is 4.12. The van der Waals surface area contributed by atoms with Crippen molar-refractivity contribution in [1.82, 2.24) is 10.6 Å². The molecule has 5 nitrogen and oxygen atoms in total. The van der Waals surface area contributed by atoms with Crippen LogP contribution in [0.1, 0.15) is 32.6 Å². The molecule has 2 atom stereocenters. The molecule has 0 spiro atoms. The minimum atomic E-state index is 0.00782. The van der Waals surface area contributed by atoms with E-state index in [2.05, 4.69) is 10.6 Å². The minimum absolute atomic E-state index is 0.00782. The predicted octanol–water partition coefficient (Wildman–Crippen LogP) is -0.491. The van der Waals surface area contributed by atoms with Gasteiger partial charge in [0.25, 0.3) is 0 Å². The molecule has 0 aromatic rings. The summed E-state index contributed by atoms with van der Waals surface area (Å²) in [6.45, 7) is 2.41. The van der Waals surface area contributed by atoms with Crippen LogP contribution >= 0.6 is 0 Å². The molecule has 0 aliphatic carbocycles. The lowest BCUT2D eigenvalue weighted by Gasteiger charge is -2.11. The molecule has 0 bridgehead atoms. The number of hydrogen-bond donors (Lipinski definition) is 3. The van der Waals surface area contributed by atoms with Crippen molar-refractivity contribution in [3.8, 4) is 0 Å². The molecule has 0 saturated carbocycles. The fourth-order valence-corrected chi connectivity index (χ4v) is 1.51. The summed E-state index contributed by atoms with van der Waals surface area (Å²) in [4.78, 5) is 22.2. The van der Waals surface area contributed by atoms with Gasteiger partial charge in [0.1, 0.15) is 0 Å². The Balaban J connectivity index is 2.09. The van der Waals surface area contributed by atoms with E-state index in [1.165, 1.54) is 0 Å². The molecule has 2 unspecified atom stereocenters. The first-order chi connectivity index (χ1) is 7.08. The van der Waals surface area contributed by atoms with E-state index < -0.39 is 0 Å². The van der Waals surface area contributed by atoms with Gasteiger partial charge in [-0.25, -0.2) is 0 Å². The summed E-state index contributed by atoms with van der Waals surface area (Å²) in [7, 11) is 0. The molecule has 5 heteroatoms. The molecule has 1 saturated heterocycles. The van der Waals surface area contributed by atoms with E-state index in [0.29, 0.717) is 25.8 Å². The van der Waals surface area contributed by atoms with E-state index in [-0.39, 0.29) is 23.9 Å². The predicted molar refractivity (Wildman–Crippen MR) is 57.1 cm³/mol. The van der Waals surface area contributed by atoms with Gasteiger partial charge in [0.15, 0.2) is 0 Å². The standard InChI is InChI=1S/C10H19N3O2/c1-7(11)2-4-9(14)12-6-8-3-5-10(15)13-8/h7-8H,2-6,11H2,1H3,(H,12,14)(H,13,15). The quantitative estimate of drug-likeness (QED) is 0.576. The minimum Gasteiger partial charge on any atom is -0.354 e. The Morgan fingerprint density at radius 3 is 3.00 bits per heavy atom. The molecule has 15 heavy (non-hydrogen) atoms. The first-order valence-electron chi connectivity index (χ1n) is 5.39. The Bertz CT molecular complexity index is 241. The summed E-state index contributed by atoms with van der Waals surface area (Å²) < 4.78 is 0. The number of carbonyl (C=O) groups excluding carboxylic acids is 2. The highest BCUT2D eigenvalue weighted by Crippen LogP contribution is 2.05. The highest BCUT2D eigenvalue weighted by atomic mass is 16.2. The van der Waals surface area contributed by atoms with E-state index in [0.717, 1.165) is 6.42 Å². The third kappa shape index (κ3) is 4.78. The third-order valence-electron chi connectivity index (χ3n) is 2.46. The summed E-state index contributed by atoms with van der Waals surface area (Å²) in [5.74, 6) is 0.0817. The van der Waals surface area contributed by atoms with E-state index in [9.17, 15) is 9.59 Å². The van der Waals surface area contributed by atoms with Gasteiger partial charge in [-0.1, -0.05) is 0 Å². The molecular formula is C10H19N3O2. The lowest BCUT2D eigenvalue weighted by Crippen LogP contribution is -2.38. The second-order valence-electron chi connectivity index (χ2n) is 4.12. The zero-order valence-corrected chi connectivity index (χ0v) is 9.08.